The van der Waals surface area contributed by atoms with Crippen molar-refractivity contribution in [2.75, 3.05) is 37.7 Å². The van der Waals surface area contributed by atoms with Gasteiger partial charge in [0.05, 0.1) is 4.92 Å². The molecule has 8 heteroatoms. The summed E-state index contributed by atoms with van der Waals surface area (Å²) in [6.45, 7) is 4.05. The molecule has 2 aromatic rings. The minimum atomic E-state index is -0.434. The number of carbonyl (C=O) groups excluding carboxylic acids is 1. The average molecular weight is 404 g/mol. The summed E-state index contributed by atoms with van der Waals surface area (Å²) in [5.41, 5.74) is 1.71. The molecule has 1 aliphatic rings. The second-order valence-electron chi connectivity index (χ2n) is 6.54. The van der Waals surface area contributed by atoms with E-state index in [4.69, 9.17) is 16.3 Å². The lowest BCUT2D eigenvalue weighted by Gasteiger charge is -2.35. The van der Waals surface area contributed by atoms with Gasteiger partial charge in [-0.2, -0.15) is 0 Å². The molecule has 1 amide bonds. The molecule has 28 heavy (non-hydrogen) atoms. The predicted octanol–water partition coefficient (Wildman–Crippen LogP) is 3.54. The molecule has 1 aliphatic heterocycles. The number of benzene rings is 2. The molecular weight excluding hydrogens is 382 g/mol. The summed E-state index contributed by atoms with van der Waals surface area (Å²) < 4.78 is 5.59. The third kappa shape index (κ3) is 4.72. The zero-order valence-corrected chi connectivity index (χ0v) is 16.4. The Bertz CT molecular complexity index is 849. The van der Waals surface area contributed by atoms with Crippen LogP contribution in [0.2, 0.25) is 5.02 Å². The van der Waals surface area contributed by atoms with Crippen LogP contribution in [0.25, 0.3) is 0 Å². The van der Waals surface area contributed by atoms with Gasteiger partial charge in [-0.05, 0) is 36.2 Å². The third-order valence-electron chi connectivity index (χ3n) is 4.80. The summed E-state index contributed by atoms with van der Waals surface area (Å²) >= 11 is 5.88. The fourth-order valence-electron chi connectivity index (χ4n) is 3.16. The van der Waals surface area contributed by atoms with E-state index in [1.807, 2.05) is 29.2 Å². The molecule has 1 heterocycles. The van der Waals surface area contributed by atoms with Crippen molar-refractivity contribution in [3.05, 3.63) is 63.2 Å². The van der Waals surface area contributed by atoms with Crippen molar-refractivity contribution in [1.82, 2.24) is 4.90 Å². The van der Waals surface area contributed by atoms with Gasteiger partial charge in [0.1, 0.15) is 11.4 Å². The van der Waals surface area contributed by atoms with Gasteiger partial charge in [0.2, 0.25) is 0 Å². The maximum Gasteiger partial charge on any atom is 0.294 e. The Morgan fingerprint density at radius 2 is 1.82 bits per heavy atom. The minimum Gasteiger partial charge on any atom is -0.484 e. The van der Waals surface area contributed by atoms with Crippen LogP contribution in [0.1, 0.15) is 12.5 Å². The zero-order chi connectivity index (χ0) is 20.1. The van der Waals surface area contributed by atoms with E-state index >= 15 is 0 Å². The summed E-state index contributed by atoms with van der Waals surface area (Å²) in [5, 5.41) is 11.6. The van der Waals surface area contributed by atoms with E-state index in [0.29, 0.717) is 42.6 Å². The van der Waals surface area contributed by atoms with E-state index in [9.17, 15) is 14.9 Å². The van der Waals surface area contributed by atoms with Crippen LogP contribution in [0.5, 0.6) is 5.75 Å². The first kappa shape index (κ1) is 19.9. The van der Waals surface area contributed by atoms with Gasteiger partial charge < -0.3 is 14.5 Å². The number of carbonyl (C=O) groups is 1. The Balaban J connectivity index is 1.55. The summed E-state index contributed by atoms with van der Waals surface area (Å²) in [5.74, 6) is 0.575. The smallest absolute Gasteiger partial charge is 0.294 e. The molecular formula is C20H22ClN3O4. The highest BCUT2D eigenvalue weighted by atomic mass is 35.5. The zero-order valence-electron chi connectivity index (χ0n) is 15.6. The van der Waals surface area contributed by atoms with Crippen molar-refractivity contribution >= 4 is 28.9 Å². The normalized spacial score (nSPS) is 14.1. The SMILES string of the molecule is CCc1ccc(OCC(=O)N2CCN(c3ccc(Cl)cc3[N+](=O)[O-])CC2)cc1. The van der Waals surface area contributed by atoms with E-state index in [1.165, 1.54) is 11.6 Å². The second-order valence-corrected chi connectivity index (χ2v) is 6.98. The largest absolute Gasteiger partial charge is 0.484 e. The number of aryl methyl sites for hydroxylation is 1. The number of anilines is 1. The van der Waals surface area contributed by atoms with E-state index in [0.717, 1.165) is 6.42 Å². The van der Waals surface area contributed by atoms with Crippen LogP contribution in [-0.2, 0) is 11.2 Å². The Morgan fingerprint density at radius 1 is 1.14 bits per heavy atom. The predicted molar refractivity (Wildman–Crippen MR) is 108 cm³/mol. The molecule has 0 aliphatic carbocycles. The Labute approximate surface area is 168 Å². The summed E-state index contributed by atoms with van der Waals surface area (Å²) in [6, 6.07) is 12.3. The molecule has 3 rings (SSSR count). The average Bonchev–Trinajstić information content (AvgIpc) is 2.72. The van der Waals surface area contributed by atoms with Gasteiger partial charge in [-0.3, -0.25) is 14.9 Å². The third-order valence-corrected chi connectivity index (χ3v) is 5.04. The second kappa shape index (κ2) is 8.93. The number of nitro benzene ring substituents is 1. The minimum absolute atomic E-state index is 0.0213. The molecule has 2 aromatic carbocycles. The topological polar surface area (TPSA) is 75.9 Å². The number of ether oxygens (including phenoxy) is 1. The Kier molecular flexibility index (Phi) is 6.36. The van der Waals surface area contributed by atoms with Gasteiger partial charge in [-0.25, -0.2) is 0 Å². The van der Waals surface area contributed by atoms with Crippen LogP contribution in [0.15, 0.2) is 42.5 Å². The molecule has 1 fully saturated rings. The molecule has 1 saturated heterocycles. The van der Waals surface area contributed by atoms with Gasteiger partial charge in [-0.1, -0.05) is 30.7 Å². The quantitative estimate of drug-likeness (QED) is 0.544. The van der Waals surface area contributed by atoms with Gasteiger partial charge >= 0.3 is 0 Å². The van der Waals surface area contributed by atoms with Gasteiger partial charge in [0.15, 0.2) is 6.61 Å². The highest BCUT2D eigenvalue weighted by molar-refractivity contribution is 6.30. The lowest BCUT2D eigenvalue weighted by Crippen LogP contribution is -2.50. The van der Waals surface area contributed by atoms with Crippen molar-refractivity contribution in [3.8, 4) is 5.75 Å². The van der Waals surface area contributed by atoms with E-state index in [2.05, 4.69) is 6.92 Å². The highest BCUT2D eigenvalue weighted by Crippen LogP contribution is 2.31. The number of nitro groups is 1. The number of piperazine rings is 1. The highest BCUT2D eigenvalue weighted by Gasteiger charge is 2.26. The van der Waals surface area contributed by atoms with E-state index < -0.39 is 4.92 Å². The molecule has 0 unspecified atom stereocenters. The van der Waals surface area contributed by atoms with Crippen LogP contribution in [0.3, 0.4) is 0 Å². The monoisotopic (exact) mass is 403 g/mol. The number of amides is 1. The van der Waals surface area contributed by atoms with Crippen LogP contribution in [0, 0.1) is 10.1 Å². The maximum absolute atomic E-state index is 12.4. The van der Waals surface area contributed by atoms with Crippen molar-refractivity contribution in [2.24, 2.45) is 0 Å². The van der Waals surface area contributed by atoms with Crippen molar-refractivity contribution in [1.29, 1.82) is 0 Å². The first-order valence-electron chi connectivity index (χ1n) is 9.16. The fraction of sp³-hybridized carbons (Fsp3) is 0.350. The molecule has 0 spiro atoms. The molecule has 148 valence electrons. The number of hydrogen-bond acceptors (Lipinski definition) is 5. The summed E-state index contributed by atoms with van der Waals surface area (Å²) in [7, 11) is 0. The van der Waals surface area contributed by atoms with Gasteiger partial charge in [-0.15, -0.1) is 0 Å². The molecule has 0 saturated carbocycles. The van der Waals surface area contributed by atoms with Crippen LogP contribution in [0.4, 0.5) is 11.4 Å². The Hall–Kier alpha value is -2.80. The van der Waals surface area contributed by atoms with E-state index in [1.54, 1.807) is 17.0 Å². The molecule has 0 bridgehead atoms. The van der Waals surface area contributed by atoms with Crippen molar-refractivity contribution < 1.29 is 14.5 Å². The number of halogens is 1. The summed E-state index contributed by atoms with van der Waals surface area (Å²) in [4.78, 5) is 26.9. The molecule has 0 aromatic heterocycles. The standard InChI is InChI=1S/C20H22ClN3O4/c1-2-15-3-6-17(7-4-15)28-14-20(25)23-11-9-22(10-12-23)18-8-5-16(21)13-19(18)24(26)27/h3-8,13H,2,9-12,14H2,1H3. The maximum atomic E-state index is 12.4. The molecule has 0 radical (unpaired) electrons. The first-order valence-corrected chi connectivity index (χ1v) is 9.54. The van der Waals surface area contributed by atoms with Crippen LogP contribution < -0.4 is 9.64 Å². The summed E-state index contributed by atoms with van der Waals surface area (Å²) in [6.07, 6.45) is 0.954. The van der Waals surface area contributed by atoms with Gasteiger partial charge in [0.25, 0.3) is 11.6 Å². The van der Waals surface area contributed by atoms with Crippen molar-refractivity contribution in [2.45, 2.75) is 13.3 Å². The Morgan fingerprint density at radius 3 is 2.43 bits per heavy atom. The fourth-order valence-corrected chi connectivity index (χ4v) is 3.33. The number of rotatable bonds is 6. The first-order chi connectivity index (χ1) is 13.5. The van der Waals surface area contributed by atoms with Gasteiger partial charge in [0, 0.05) is 37.3 Å². The van der Waals surface area contributed by atoms with Crippen LogP contribution >= 0.6 is 11.6 Å². The molecule has 0 N–H and O–H groups in total. The molecule has 0 atom stereocenters. The number of nitrogens with zero attached hydrogens (tertiary/aromatic N) is 3. The molecule has 7 nitrogen and oxygen atoms in total. The number of hydrogen-bond donors (Lipinski definition) is 0. The van der Waals surface area contributed by atoms with Crippen LogP contribution in [-0.4, -0.2) is 48.5 Å². The lowest BCUT2D eigenvalue weighted by molar-refractivity contribution is -0.384. The van der Waals surface area contributed by atoms with E-state index in [-0.39, 0.29) is 18.2 Å². The lowest BCUT2D eigenvalue weighted by atomic mass is 10.2. The van der Waals surface area contributed by atoms with Crippen molar-refractivity contribution in [3.63, 3.8) is 0 Å².